The van der Waals surface area contributed by atoms with Gasteiger partial charge in [-0.15, -0.1) is 0 Å². The third-order valence-corrected chi connectivity index (χ3v) is 2.42. The molecule has 1 aromatic rings. The van der Waals surface area contributed by atoms with Crippen LogP contribution in [-0.4, -0.2) is 36.8 Å². The van der Waals surface area contributed by atoms with E-state index >= 15 is 0 Å². The van der Waals surface area contributed by atoms with Crippen molar-refractivity contribution in [2.24, 2.45) is 0 Å². The summed E-state index contributed by atoms with van der Waals surface area (Å²) in [6, 6.07) is 4.64. The summed E-state index contributed by atoms with van der Waals surface area (Å²) in [6.45, 7) is 0.160. The summed E-state index contributed by atoms with van der Waals surface area (Å²) in [6.07, 6.45) is -0.911. The van der Waals surface area contributed by atoms with Crippen LogP contribution in [0.2, 0.25) is 0 Å². The van der Waals surface area contributed by atoms with Gasteiger partial charge >= 0.3 is 11.9 Å². The van der Waals surface area contributed by atoms with Gasteiger partial charge in [-0.1, -0.05) is 0 Å². The summed E-state index contributed by atoms with van der Waals surface area (Å²) in [5.41, 5.74) is 0.974. The lowest BCUT2D eigenvalue weighted by molar-refractivity contribution is -0.144. The Hall–Kier alpha value is -2.24. The highest BCUT2D eigenvalue weighted by Crippen LogP contribution is 2.30. The average Bonchev–Trinajstić information content (AvgIpc) is 2.36. The fourth-order valence-electron chi connectivity index (χ4n) is 1.55. The third-order valence-electron chi connectivity index (χ3n) is 2.42. The minimum absolute atomic E-state index is 0.160. The number of ether oxygens (including phenoxy) is 2. The fraction of sp³-hybridized carbons (Fsp3) is 0.273. The van der Waals surface area contributed by atoms with Crippen molar-refractivity contribution in [3.8, 4) is 5.75 Å². The number of carbonyl (C=O) groups is 2. The Labute approximate surface area is 97.1 Å². The lowest BCUT2D eigenvalue weighted by Gasteiger charge is -2.24. The van der Waals surface area contributed by atoms with Crippen molar-refractivity contribution in [2.75, 3.05) is 19.0 Å². The summed E-state index contributed by atoms with van der Waals surface area (Å²) in [4.78, 5) is 22.0. The number of fused-ring (bicyclic) bond motifs is 1. The summed E-state index contributed by atoms with van der Waals surface area (Å²) in [5, 5.41) is 11.7. The van der Waals surface area contributed by atoms with E-state index in [9.17, 15) is 9.59 Å². The number of esters is 1. The molecule has 1 heterocycles. The highest BCUT2D eigenvalue weighted by atomic mass is 16.5. The molecular weight excluding hydrogens is 226 g/mol. The molecule has 0 spiro atoms. The second kappa shape index (κ2) is 4.32. The molecule has 1 aliphatic rings. The van der Waals surface area contributed by atoms with Crippen LogP contribution in [0, 0.1) is 0 Å². The van der Waals surface area contributed by atoms with Gasteiger partial charge in [-0.25, -0.2) is 9.59 Å². The van der Waals surface area contributed by atoms with Gasteiger partial charge in [0, 0.05) is 0 Å². The summed E-state index contributed by atoms with van der Waals surface area (Å²) in [7, 11) is 1.30. The van der Waals surface area contributed by atoms with E-state index in [1.54, 1.807) is 12.1 Å². The molecule has 6 heteroatoms. The predicted octanol–water partition coefficient (Wildman–Crippen LogP) is 0.731. The maximum atomic E-state index is 11.3. The molecule has 0 aromatic heterocycles. The Balaban J connectivity index is 2.25. The number of hydrogen-bond acceptors (Lipinski definition) is 5. The molecule has 0 fully saturated rings. The van der Waals surface area contributed by atoms with Crippen LogP contribution in [0.1, 0.15) is 10.4 Å². The van der Waals surface area contributed by atoms with E-state index in [-0.39, 0.29) is 6.54 Å². The maximum absolute atomic E-state index is 11.3. The predicted molar refractivity (Wildman–Crippen MR) is 58.3 cm³/mol. The van der Waals surface area contributed by atoms with Gasteiger partial charge in [-0.3, -0.25) is 0 Å². The minimum Gasteiger partial charge on any atom is -0.478 e. The van der Waals surface area contributed by atoms with E-state index in [1.807, 2.05) is 0 Å². The van der Waals surface area contributed by atoms with Crippen molar-refractivity contribution in [2.45, 2.75) is 6.10 Å². The highest BCUT2D eigenvalue weighted by molar-refractivity contribution is 5.91. The molecule has 0 saturated carbocycles. The summed E-state index contributed by atoms with van der Waals surface area (Å²) < 4.78 is 9.83. The molecule has 1 atom stereocenters. The van der Waals surface area contributed by atoms with E-state index in [2.05, 4.69) is 10.1 Å². The average molecular weight is 237 g/mol. The molecular formula is C11H11NO5. The molecule has 17 heavy (non-hydrogen) atoms. The summed E-state index contributed by atoms with van der Waals surface area (Å²) >= 11 is 0. The fourth-order valence-corrected chi connectivity index (χ4v) is 1.55. The third kappa shape index (κ3) is 2.15. The Morgan fingerprint density at radius 3 is 2.94 bits per heavy atom. The van der Waals surface area contributed by atoms with Crippen molar-refractivity contribution >= 4 is 17.6 Å². The van der Waals surface area contributed by atoms with Gasteiger partial charge in [0.2, 0.25) is 6.10 Å². The zero-order valence-corrected chi connectivity index (χ0v) is 9.10. The molecule has 2 rings (SSSR count). The van der Waals surface area contributed by atoms with E-state index < -0.39 is 18.0 Å². The van der Waals surface area contributed by atoms with Gasteiger partial charge in [-0.2, -0.15) is 0 Å². The van der Waals surface area contributed by atoms with Crippen molar-refractivity contribution in [3.63, 3.8) is 0 Å². The second-order valence-corrected chi connectivity index (χ2v) is 3.53. The number of rotatable bonds is 2. The van der Waals surface area contributed by atoms with Gasteiger partial charge in [-0.05, 0) is 18.2 Å². The Kier molecular flexibility index (Phi) is 2.86. The molecule has 1 aliphatic heterocycles. The molecule has 0 bridgehead atoms. The van der Waals surface area contributed by atoms with Crippen LogP contribution >= 0.6 is 0 Å². The topological polar surface area (TPSA) is 84.9 Å². The van der Waals surface area contributed by atoms with Crippen LogP contribution in [0.3, 0.4) is 0 Å². The van der Waals surface area contributed by atoms with Crippen molar-refractivity contribution in [3.05, 3.63) is 23.8 Å². The Bertz CT molecular complexity index is 471. The first-order valence-corrected chi connectivity index (χ1v) is 4.97. The van der Waals surface area contributed by atoms with Crippen LogP contribution in [-0.2, 0) is 9.53 Å². The van der Waals surface area contributed by atoms with E-state index in [1.165, 1.54) is 13.2 Å². The SMILES string of the molecule is COC(=O)c1ccc2c(c1)NCC(C(=O)O)O2. The number of hydrogen-bond donors (Lipinski definition) is 2. The quantitative estimate of drug-likeness (QED) is 0.737. The van der Waals surface area contributed by atoms with Crippen molar-refractivity contribution in [1.82, 2.24) is 0 Å². The molecule has 2 N–H and O–H groups in total. The lowest BCUT2D eigenvalue weighted by atomic mass is 10.1. The number of carboxylic acid groups (broad SMARTS) is 1. The molecule has 0 amide bonds. The number of benzene rings is 1. The Morgan fingerprint density at radius 1 is 1.53 bits per heavy atom. The van der Waals surface area contributed by atoms with Crippen LogP contribution < -0.4 is 10.1 Å². The highest BCUT2D eigenvalue weighted by Gasteiger charge is 2.25. The monoisotopic (exact) mass is 237 g/mol. The van der Waals surface area contributed by atoms with Crippen LogP contribution in [0.15, 0.2) is 18.2 Å². The minimum atomic E-state index is -1.03. The lowest BCUT2D eigenvalue weighted by Crippen LogP contribution is -2.37. The van der Waals surface area contributed by atoms with E-state index in [0.717, 1.165) is 0 Å². The van der Waals surface area contributed by atoms with Gasteiger partial charge in [0.25, 0.3) is 0 Å². The first-order valence-electron chi connectivity index (χ1n) is 4.97. The molecule has 90 valence electrons. The van der Waals surface area contributed by atoms with Gasteiger partial charge in [0.15, 0.2) is 0 Å². The van der Waals surface area contributed by atoms with Gasteiger partial charge in [0.1, 0.15) is 5.75 Å². The number of methoxy groups -OCH3 is 1. The molecule has 0 aliphatic carbocycles. The van der Waals surface area contributed by atoms with Gasteiger partial charge < -0.3 is 19.9 Å². The molecule has 0 saturated heterocycles. The number of aliphatic carboxylic acids is 1. The maximum Gasteiger partial charge on any atom is 0.346 e. The van der Waals surface area contributed by atoms with Gasteiger partial charge in [0.05, 0.1) is 24.9 Å². The molecule has 1 aromatic carbocycles. The first-order chi connectivity index (χ1) is 8.11. The molecule has 1 unspecified atom stereocenters. The second-order valence-electron chi connectivity index (χ2n) is 3.53. The van der Waals surface area contributed by atoms with E-state index in [0.29, 0.717) is 17.0 Å². The number of carboxylic acids is 1. The standard InChI is InChI=1S/C11H11NO5/c1-16-11(15)6-2-3-8-7(4-6)12-5-9(17-8)10(13)14/h2-4,9,12H,5H2,1H3,(H,13,14). The molecule has 6 nitrogen and oxygen atoms in total. The largest absolute Gasteiger partial charge is 0.478 e. The molecule has 0 radical (unpaired) electrons. The van der Waals surface area contributed by atoms with Crippen LogP contribution in [0.25, 0.3) is 0 Å². The van der Waals surface area contributed by atoms with Crippen molar-refractivity contribution < 1.29 is 24.2 Å². The zero-order valence-electron chi connectivity index (χ0n) is 9.10. The van der Waals surface area contributed by atoms with Crippen molar-refractivity contribution in [1.29, 1.82) is 0 Å². The van der Waals surface area contributed by atoms with Crippen LogP contribution in [0.5, 0.6) is 5.75 Å². The van der Waals surface area contributed by atoms with Crippen LogP contribution in [0.4, 0.5) is 5.69 Å². The number of nitrogens with one attached hydrogen (secondary N) is 1. The zero-order chi connectivity index (χ0) is 12.4. The summed E-state index contributed by atoms with van der Waals surface area (Å²) in [5.74, 6) is -1.06. The van der Waals surface area contributed by atoms with E-state index in [4.69, 9.17) is 9.84 Å². The first kappa shape index (κ1) is 11.3. The number of anilines is 1. The Morgan fingerprint density at radius 2 is 2.29 bits per heavy atom. The normalized spacial score (nSPS) is 17.4. The smallest absolute Gasteiger partial charge is 0.346 e. The number of carbonyl (C=O) groups excluding carboxylic acids is 1.